The number of nitrogens with one attached hydrogen (secondary N) is 1. The van der Waals surface area contributed by atoms with E-state index in [0.29, 0.717) is 0 Å². The molecule has 16 heavy (non-hydrogen) atoms. The fraction of sp³-hybridized carbons (Fsp3) is 0.538. The van der Waals surface area contributed by atoms with Gasteiger partial charge in [0.15, 0.2) is 0 Å². The summed E-state index contributed by atoms with van der Waals surface area (Å²) in [5.74, 6) is 5.60. The van der Waals surface area contributed by atoms with E-state index in [0.717, 1.165) is 19.6 Å². The zero-order valence-electron chi connectivity index (χ0n) is 10.4. The first-order valence-corrected chi connectivity index (χ1v) is 5.80. The lowest BCUT2D eigenvalue weighted by molar-refractivity contribution is 0.136. The molecule has 0 heterocycles. The minimum absolute atomic E-state index is 0.173. The van der Waals surface area contributed by atoms with Crippen molar-refractivity contribution in [3.8, 4) is 0 Å². The average Bonchev–Trinajstić information content (AvgIpc) is 2.28. The topological polar surface area (TPSA) is 47.3 Å². The van der Waals surface area contributed by atoms with E-state index in [9.17, 15) is 0 Å². The zero-order valence-corrected chi connectivity index (χ0v) is 10.4. The molecule has 0 radical (unpaired) electrons. The van der Waals surface area contributed by atoms with Crippen LogP contribution in [0.15, 0.2) is 18.2 Å². The molecule has 0 fully saturated rings. The Bertz CT molecular complexity index is 326. The van der Waals surface area contributed by atoms with Crippen LogP contribution in [0.4, 0.5) is 0 Å². The summed E-state index contributed by atoms with van der Waals surface area (Å²) < 4.78 is 5.36. The predicted octanol–water partition coefficient (Wildman–Crippen LogP) is 2.23. The van der Waals surface area contributed by atoms with Crippen LogP contribution in [0.2, 0.25) is 0 Å². The van der Waals surface area contributed by atoms with Gasteiger partial charge in [-0.1, -0.05) is 23.8 Å². The third-order valence-electron chi connectivity index (χ3n) is 2.77. The van der Waals surface area contributed by atoms with E-state index in [4.69, 9.17) is 10.6 Å². The molecular formula is C13H22N2O. The molecule has 0 aliphatic carbocycles. The minimum Gasteiger partial charge on any atom is -0.382 e. The van der Waals surface area contributed by atoms with Crippen molar-refractivity contribution in [2.24, 2.45) is 5.84 Å². The summed E-state index contributed by atoms with van der Waals surface area (Å²) >= 11 is 0. The van der Waals surface area contributed by atoms with E-state index in [2.05, 4.69) is 37.5 Å². The molecule has 1 unspecified atom stereocenters. The quantitative estimate of drug-likeness (QED) is 0.441. The fourth-order valence-corrected chi connectivity index (χ4v) is 1.81. The number of hydrogen-bond acceptors (Lipinski definition) is 3. The number of nitrogens with two attached hydrogens (primary N) is 1. The van der Waals surface area contributed by atoms with Crippen LogP contribution in [0.5, 0.6) is 0 Å². The maximum Gasteiger partial charge on any atom is 0.0484 e. The molecule has 0 aliphatic rings. The number of hydrazine groups is 1. The molecule has 0 saturated carbocycles. The Balaban J connectivity index is 2.73. The molecule has 0 aliphatic heterocycles. The van der Waals surface area contributed by atoms with Crippen molar-refractivity contribution in [1.29, 1.82) is 0 Å². The fourth-order valence-electron chi connectivity index (χ4n) is 1.81. The highest BCUT2D eigenvalue weighted by Gasteiger charge is 2.11. The predicted molar refractivity (Wildman–Crippen MR) is 67.1 cm³/mol. The normalized spacial score (nSPS) is 12.8. The lowest BCUT2D eigenvalue weighted by Gasteiger charge is -2.19. The van der Waals surface area contributed by atoms with Crippen LogP contribution < -0.4 is 11.3 Å². The van der Waals surface area contributed by atoms with E-state index >= 15 is 0 Å². The largest absolute Gasteiger partial charge is 0.382 e. The number of aryl methyl sites for hydroxylation is 2. The molecule has 0 aromatic heterocycles. The Morgan fingerprint density at radius 1 is 1.38 bits per heavy atom. The molecule has 1 atom stereocenters. The summed E-state index contributed by atoms with van der Waals surface area (Å²) in [5, 5.41) is 0. The number of ether oxygens (including phenoxy) is 1. The van der Waals surface area contributed by atoms with Gasteiger partial charge in [-0.05, 0) is 38.3 Å². The average molecular weight is 222 g/mol. The number of benzene rings is 1. The SMILES string of the molecule is CCOCCC(NN)c1cc(C)ccc1C. The van der Waals surface area contributed by atoms with Crippen LogP contribution in [-0.4, -0.2) is 13.2 Å². The van der Waals surface area contributed by atoms with Crippen molar-refractivity contribution in [2.75, 3.05) is 13.2 Å². The van der Waals surface area contributed by atoms with Gasteiger partial charge in [0.25, 0.3) is 0 Å². The molecular weight excluding hydrogens is 200 g/mol. The Hall–Kier alpha value is -0.900. The highest BCUT2D eigenvalue weighted by molar-refractivity contribution is 5.32. The van der Waals surface area contributed by atoms with Crippen LogP contribution >= 0.6 is 0 Å². The van der Waals surface area contributed by atoms with Gasteiger partial charge < -0.3 is 4.74 Å². The smallest absolute Gasteiger partial charge is 0.0484 e. The van der Waals surface area contributed by atoms with Crippen molar-refractivity contribution in [1.82, 2.24) is 5.43 Å². The molecule has 1 aromatic rings. The lowest BCUT2D eigenvalue weighted by Crippen LogP contribution is -2.29. The van der Waals surface area contributed by atoms with Gasteiger partial charge in [-0.2, -0.15) is 0 Å². The molecule has 0 amide bonds. The molecule has 1 rings (SSSR count). The van der Waals surface area contributed by atoms with Gasteiger partial charge in [-0.15, -0.1) is 0 Å². The van der Waals surface area contributed by atoms with Crippen LogP contribution in [0.25, 0.3) is 0 Å². The van der Waals surface area contributed by atoms with Crippen LogP contribution in [0, 0.1) is 13.8 Å². The first-order valence-electron chi connectivity index (χ1n) is 5.80. The second-order valence-electron chi connectivity index (χ2n) is 4.06. The maximum atomic E-state index is 5.60. The van der Waals surface area contributed by atoms with Crippen molar-refractivity contribution in [3.05, 3.63) is 34.9 Å². The zero-order chi connectivity index (χ0) is 12.0. The summed E-state index contributed by atoms with van der Waals surface area (Å²) in [6, 6.07) is 6.61. The molecule has 0 bridgehead atoms. The van der Waals surface area contributed by atoms with Crippen molar-refractivity contribution < 1.29 is 4.74 Å². The maximum absolute atomic E-state index is 5.60. The van der Waals surface area contributed by atoms with Gasteiger partial charge in [0.1, 0.15) is 0 Å². The van der Waals surface area contributed by atoms with Gasteiger partial charge in [0.2, 0.25) is 0 Å². The molecule has 0 spiro atoms. The lowest BCUT2D eigenvalue weighted by atomic mass is 9.97. The van der Waals surface area contributed by atoms with E-state index in [1.165, 1.54) is 16.7 Å². The third-order valence-corrected chi connectivity index (χ3v) is 2.77. The van der Waals surface area contributed by atoms with E-state index in [-0.39, 0.29) is 6.04 Å². The van der Waals surface area contributed by atoms with Crippen molar-refractivity contribution in [2.45, 2.75) is 33.2 Å². The van der Waals surface area contributed by atoms with Crippen LogP contribution in [-0.2, 0) is 4.74 Å². The number of hydrogen-bond donors (Lipinski definition) is 2. The molecule has 1 aromatic carbocycles. The molecule has 0 saturated heterocycles. The molecule has 90 valence electrons. The molecule has 3 nitrogen and oxygen atoms in total. The van der Waals surface area contributed by atoms with E-state index < -0.39 is 0 Å². The van der Waals surface area contributed by atoms with E-state index in [1.54, 1.807) is 0 Å². The van der Waals surface area contributed by atoms with Crippen LogP contribution in [0.1, 0.15) is 36.1 Å². The van der Waals surface area contributed by atoms with Gasteiger partial charge in [-0.3, -0.25) is 11.3 Å². The first kappa shape index (κ1) is 13.2. The Kier molecular flexibility index (Phi) is 5.46. The summed E-state index contributed by atoms with van der Waals surface area (Å²) in [5.41, 5.74) is 6.66. The molecule has 3 N–H and O–H groups in total. The van der Waals surface area contributed by atoms with Crippen LogP contribution in [0.3, 0.4) is 0 Å². The van der Waals surface area contributed by atoms with Gasteiger partial charge in [0.05, 0.1) is 0 Å². The second-order valence-corrected chi connectivity index (χ2v) is 4.06. The standard InChI is InChI=1S/C13H22N2O/c1-4-16-8-7-13(15-14)12-9-10(2)5-6-11(12)3/h5-6,9,13,15H,4,7-8,14H2,1-3H3. The van der Waals surface area contributed by atoms with E-state index in [1.807, 2.05) is 6.92 Å². The first-order chi connectivity index (χ1) is 7.69. The van der Waals surface area contributed by atoms with Gasteiger partial charge in [-0.25, -0.2) is 0 Å². The van der Waals surface area contributed by atoms with Crippen molar-refractivity contribution >= 4 is 0 Å². The number of rotatable bonds is 6. The minimum atomic E-state index is 0.173. The monoisotopic (exact) mass is 222 g/mol. The summed E-state index contributed by atoms with van der Waals surface area (Å²) in [6.45, 7) is 7.70. The third kappa shape index (κ3) is 3.59. The Morgan fingerprint density at radius 2 is 2.12 bits per heavy atom. The highest BCUT2D eigenvalue weighted by atomic mass is 16.5. The van der Waals surface area contributed by atoms with Crippen molar-refractivity contribution in [3.63, 3.8) is 0 Å². The molecule has 3 heteroatoms. The second kappa shape index (κ2) is 6.63. The summed E-state index contributed by atoms with van der Waals surface area (Å²) in [7, 11) is 0. The Labute approximate surface area is 98.0 Å². The Morgan fingerprint density at radius 3 is 2.75 bits per heavy atom. The summed E-state index contributed by atoms with van der Waals surface area (Å²) in [6.07, 6.45) is 0.897. The van der Waals surface area contributed by atoms with Gasteiger partial charge >= 0.3 is 0 Å². The highest BCUT2D eigenvalue weighted by Crippen LogP contribution is 2.21. The summed E-state index contributed by atoms with van der Waals surface area (Å²) in [4.78, 5) is 0. The van der Waals surface area contributed by atoms with Gasteiger partial charge in [0, 0.05) is 19.3 Å².